The Hall–Kier alpha value is -2.36. The van der Waals surface area contributed by atoms with E-state index in [0.29, 0.717) is 11.3 Å². The van der Waals surface area contributed by atoms with Crippen LogP contribution in [0.5, 0.6) is 0 Å². The van der Waals surface area contributed by atoms with Gasteiger partial charge in [0.25, 0.3) is 5.91 Å². The van der Waals surface area contributed by atoms with Crippen molar-refractivity contribution < 1.29 is 14.7 Å². The van der Waals surface area contributed by atoms with Gasteiger partial charge in [-0.2, -0.15) is 0 Å². The van der Waals surface area contributed by atoms with E-state index in [4.69, 9.17) is 0 Å². The SMILES string of the molecule is C[C@@H](C(=O)[O-])N1C(=O)c2cccc3cccc1c23. The molecule has 2 aromatic carbocycles. The maximum absolute atomic E-state index is 12.3. The number of benzene rings is 2. The van der Waals surface area contributed by atoms with E-state index < -0.39 is 12.0 Å². The van der Waals surface area contributed by atoms with E-state index in [-0.39, 0.29) is 5.91 Å². The summed E-state index contributed by atoms with van der Waals surface area (Å²) in [6.45, 7) is 1.46. The zero-order valence-corrected chi connectivity index (χ0v) is 9.71. The number of carboxylic acid groups (broad SMARTS) is 1. The van der Waals surface area contributed by atoms with E-state index >= 15 is 0 Å². The number of anilines is 1. The fraction of sp³-hybridized carbons (Fsp3) is 0.143. The number of aliphatic carboxylic acids is 1. The lowest BCUT2D eigenvalue weighted by atomic mass is 10.1. The molecule has 0 saturated heterocycles. The average molecular weight is 240 g/mol. The summed E-state index contributed by atoms with van der Waals surface area (Å²) < 4.78 is 0. The van der Waals surface area contributed by atoms with Gasteiger partial charge in [0.2, 0.25) is 0 Å². The van der Waals surface area contributed by atoms with Gasteiger partial charge in [-0.15, -0.1) is 0 Å². The molecule has 0 aromatic heterocycles. The molecule has 0 N–H and O–H groups in total. The molecular weight excluding hydrogens is 230 g/mol. The quantitative estimate of drug-likeness (QED) is 0.784. The van der Waals surface area contributed by atoms with Crippen LogP contribution in [0.1, 0.15) is 17.3 Å². The zero-order valence-electron chi connectivity index (χ0n) is 9.71. The standard InChI is InChI=1S/C14H11NO3/c1-8(14(17)18)15-11-7-3-5-9-4-2-6-10(12(9)11)13(15)16/h2-8H,1H3,(H,17,18)/p-1/t8-/m0/s1. The highest BCUT2D eigenvalue weighted by Crippen LogP contribution is 2.38. The highest BCUT2D eigenvalue weighted by atomic mass is 16.4. The first-order chi connectivity index (χ1) is 8.61. The molecule has 90 valence electrons. The van der Waals surface area contributed by atoms with Crippen LogP contribution in [0.2, 0.25) is 0 Å². The number of amides is 1. The van der Waals surface area contributed by atoms with E-state index in [2.05, 4.69) is 0 Å². The third kappa shape index (κ3) is 1.26. The molecule has 2 aromatic rings. The molecule has 0 saturated carbocycles. The summed E-state index contributed by atoms with van der Waals surface area (Å²) in [7, 11) is 0. The summed E-state index contributed by atoms with van der Waals surface area (Å²) in [5, 5.41) is 12.8. The summed E-state index contributed by atoms with van der Waals surface area (Å²) in [6, 6.07) is 9.93. The van der Waals surface area contributed by atoms with Gasteiger partial charge in [-0.1, -0.05) is 24.3 Å². The molecule has 1 atom stereocenters. The second-order valence-electron chi connectivity index (χ2n) is 4.35. The van der Waals surface area contributed by atoms with Gasteiger partial charge in [0.15, 0.2) is 0 Å². The first-order valence-electron chi connectivity index (χ1n) is 5.67. The Morgan fingerprint density at radius 2 is 1.89 bits per heavy atom. The van der Waals surface area contributed by atoms with E-state index in [1.54, 1.807) is 18.2 Å². The van der Waals surface area contributed by atoms with Crippen molar-refractivity contribution in [1.29, 1.82) is 0 Å². The van der Waals surface area contributed by atoms with Crippen molar-refractivity contribution >= 4 is 28.3 Å². The molecule has 18 heavy (non-hydrogen) atoms. The summed E-state index contributed by atoms with van der Waals surface area (Å²) in [5.41, 5.74) is 1.20. The maximum Gasteiger partial charge on any atom is 0.259 e. The van der Waals surface area contributed by atoms with E-state index in [1.807, 2.05) is 18.2 Å². The van der Waals surface area contributed by atoms with Gasteiger partial charge in [0, 0.05) is 10.9 Å². The number of hydrogen-bond acceptors (Lipinski definition) is 3. The van der Waals surface area contributed by atoms with Crippen LogP contribution in [0.15, 0.2) is 36.4 Å². The molecule has 0 radical (unpaired) electrons. The molecule has 1 heterocycles. The molecule has 1 aliphatic rings. The maximum atomic E-state index is 12.3. The number of carbonyl (C=O) groups is 2. The minimum Gasteiger partial charge on any atom is -0.548 e. The largest absolute Gasteiger partial charge is 0.548 e. The van der Waals surface area contributed by atoms with Crippen molar-refractivity contribution in [3.63, 3.8) is 0 Å². The molecule has 1 aliphatic heterocycles. The number of nitrogens with zero attached hydrogens (tertiary/aromatic N) is 1. The lowest BCUT2D eigenvalue weighted by molar-refractivity contribution is -0.306. The lowest BCUT2D eigenvalue weighted by Crippen LogP contribution is -2.47. The van der Waals surface area contributed by atoms with Crippen LogP contribution in [0.3, 0.4) is 0 Å². The predicted molar refractivity (Wildman–Crippen MR) is 65.2 cm³/mol. The van der Waals surface area contributed by atoms with Crippen molar-refractivity contribution in [3.05, 3.63) is 42.0 Å². The first kappa shape index (κ1) is 10.8. The second kappa shape index (κ2) is 3.57. The monoisotopic (exact) mass is 240 g/mol. The highest BCUT2D eigenvalue weighted by Gasteiger charge is 2.33. The first-order valence-corrected chi connectivity index (χ1v) is 5.67. The lowest BCUT2D eigenvalue weighted by Gasteiger charge is -2.26. The van der Waals surface area contributed by atoms with Crippen LogP contribution in [0, 0.1) is 0 Å². The van der Waals surface area contributed by atoms with Crippen LogP contribution in [-0.2, 0) is 4.79 Å². The molecule has 0 aliphatic carbocycles. The average Bonchev–Trinajstić information content (AvgIpc) is 2.65. The number of hydrogen-bond donors (Lipinski definition) is 0. The Kier molecular flexibility index (Phi) is 2.13. The Bertz CT molecular complexity index is 673. The molecule has 0 bridgehead atoms. The molecule has 3 rings (SSSR count). The molecular formula is C14H10NO3-. The molecule has 4 nitrogen and oxygen atoms in total. The Morgan fingerprint density at radius 1 is 1.22 bits per heavy atom. The van der Waals surface area contributed by atoms with Crippen LogP contribution >= 0.6 is 0 Å². The molecule has 1 amide bonds. The van der Waals surface area contributed by atoms with Gasteiger partial charge in [0.05, 0.1) is 17.7 Å². The predicted octanol–water partition coefficient (Wildman–Crippen LogP) is 0.938. The minimum atomic E-state index is -1.26. The van der Waals surface area contributed by atoms with Gasteiger partial charge in [-0.25, -0.2) is 0 Å². The topological polar surface area (TPSA) is 60.4 Å². The van der Waals surface area contributed by atoms with E-state index in [0.717, 1.165) is 10.8 Å². The van der Waals surface area contributed by atoms with E-state index in [1.165, 1.54) is 11.8 Å². The van der Waals surface area contributed by atoms with Crippen molar-refractivity contribution in [1.82, 2.24) is 0 Å². The zero-order chi connectivity index (χ0) is 12.9. The third-order valence-electron chi connectivity index (χ3n) is 3.32. The fourth-order valence-corrected chi connectivity index (χ4v) is 2.43. The van der Waals surface area contributed by atoms with Crippen molar-refractivity contribution in [2.75, 3.05) is 4.90 Å². The number of rotatable bonds is 2. The minimum absolute atomic E-state index is 0.279. The Morgan fingerprint density at radius 3 is 2.56 bits per heavy atom. The van der Waals surface area contributed by atoms with Crippen LogP contribution in [-0.4, -0.2) is 17.9 Å². The summed E-state index contributed by atoms with van der Waals surface area (Å²) in [4.78, 5) is 24.5. The van der Waals surface area contributed by atoms with Gasteiger partial charge >= 0.3 is 0 Å². The summed E-state index contributed by atoms with van der Waals surface area (Å²) in [5.74, 6) is -1.54. The third-order valence-corrected chi connectivity index (χ3v) is 3.32. The smallest absolute Gasteiger partial charge is 0.259 e. The Labute approximate surface area is 103 Å². The molecule has 0 spiro atoms. The van der Waals surface area contributed by atoms with Gasteiger partial charge < -0.3 is 9.90 Å². The van der Waals surface area contributed by atoms with Crippen LogP contribution in [0.4, 0.5) is 5.69 Å². The van der Waals surface area contributed by atoms with Crippen molar-refractivity contribution in [3.8, 4) is 0 Å². The van der Waals surface area contributed by atoms with Crippen molar-refractivity contribution in [2.24, 2.45) is 0 Å². The normalized spacial score (nSPS) is 15.2. The highest BCUT2D eigenvalue weighted by molar-refractivity contribution is 6.26. The van der Waals surface area contributed by atoms with Gasteiger partial charge in [0.1, 0.15) is 0 Å². The number of carboxylic acids is 1. The van der Waals surface area contributed by atoms with E-state index in [9.17, 15) is 14.7 Å². The fourth-order valence-electron chi connectivity index (χ4n) is 2.43. The summed E-state index contributed by atoms with van der Waals surface area (Å²) in [6.07, 6.45) is 0. The Balaban J connectivity index is 2.29. The molecule has 0 unspecified atom stereocenters. The second-order valence-corrected chi connectivity index (χ2v) is 4.35. The number of carbonyl (C=O) groups excluding carboxylic acids is 2. The molecule has 0 fully saturated rings. The van der Waals surface area contributed by atoms with Crippen molar-refractivity contribution in [2.45, 2.75) is 13.0 Å². The van der Waals surface area contributed by atoms with Crippen LogP contribution in [0.25, 0.3) is 10.8 Å². The van der Waals surface area contributed by atoms with Gasteiger partial charge in [-0.3, -0.25) is 9.69 Å². The summed E-state index contributed by atoms with van der Waals surface area (Å²) >= 11 is 0. The van der Waals surface area contributed by atoms with Crippen LogP contribution < -0.4 is 10.0 Å². The molecule has 4 heteroatoms. The van der Waals surface area contributed by atoms with Gasteiger partial charge in [-0.05, 0) is 24.4 Å².